The van der Waals surface area contributed by atoms with Crippen molar-refractivity contribution in [2.24, 2.45) is 17.8 Å². The van der Waals surface area contributed by atoms with Gasteiger partial charge in [-0.15, -0.1) is 0 Å². The van der Waals surface area contributed by atoms with Crippen LogP contribution in [0.3, 0.4) is 0 Å². The van der Waals surface area contributed by atoms with Crippen molar-refractivity contribution in [3.05, 3.63) is 0 Å². The van der Waals surface area contributed by atoms with Crippen molar-refractivity contribution in [1.82, 2.24) is 4.90 Å². The molecule has 0 aromatic rings. The molecule has 4 atom stereocenters. The Hall–Kier alpha value is -0.550. The summed E-state index contributed by atoms with van der Waals surface area (Å²) in [7, 11) is 0. The van der Waals surface area contributed by atoms with Gasteiger partial charge in [-0.1, -0.05) is 26.7 Å². The van der Waals surface area contributed by atoms with Crippen LogP contribution >= 0.6 is 0 Å². The van der Waals surface area contributed by atoms with E-state index in [4.69, 9.17) is 0 Å². The predicted octanol–water partition coefficient (Wildman–Crippen LogP) is 3.44. The van der Waals surface area contributed by atoms with E-state index in [1.165, 1.54) is 45.2 Å². The molecule has 2 nitrogen and oxygen atoms in total. The van der Waals surface area contributed by atoms with E-state index in [-0.39, 0.29) is 0 Å². The molecule has 0 aromatic carbocycles. The zero-order valence-corrected chi connectivity index (χ0v) is 11.4. The van der Waals surface area contributed by atoms with Gasteiger partial charge in [0.25, 0.3) is 0 Å². The average Bonchev–Trinajstić information content (AvgIpc) is 2.86. The maximum absolute atomic E-state index is 9.33. The lowest BCUT2D eigenvalue weighted by Crippen LogP contribution is -2.42. The van der Waals surface area contributed by atoms with Crippen LogP contribution in [-0.2, 0) is 0 Å². The zero-order valence-electron chi connectivity index (χ0n) is 11.4. The summed E-state index contributed by atoms with van der Waals surface area (Å²) in [5.74, 6) is 2.05. The molecule has 0 amide bonds. The molecule has 96 valence electrons. The molecule has 0 bridgehead atoms. The molecule has 0 radical (unpaired) electrons. The van der Waals surface area contributed by atoms with Gasteiger partial charge in [0.1, 0.15) is 0 Å². The first-order valence-corrected chi connectivity index (χ1v) is 7.42. The van der Waals surface area contributed by atoms with Crippen LogP contribution in [0.4, 0.5) is 0 Å². The molecule has 2 rings (SSSR count). The molecule has 2 aliphatic rings. The van der Waals surface area contributed by atoms with Crippen LogP contribution < -0.4 is 0 Å². The van der Waals surface area contributed by atoms with E-state index in [1.54, 1.807) is 0 Å². The number of rotatable bonds is 3. The maximum atomic E-state index is 9.33. The fourth-order valence-electron chi connectivity index (χ4n) is 3.65. The number of hydrogen-bond donors (Lipinski definition) is 0. The van der Waals surface area contributed by atoms with Gasteiger partial charge in [-0.2, -0.15) is 5.26 Å². The van der Waals surface area contributed by atoms with Gasteiger partial charge in [0.05, 0.1) is 12.0 Å². The van der Waals surface area contributed by atoms with Gasteiger partial charge in [-0.05, 0) is 44.1 Å². The fourth-order valence-corrected chi connectivity index (χ4v) is 3.65. The third-order valence-corrected chi connectivity index (χ3v) is 5.03. The van der Waals surface area contributed by atoms with Crippen LogP contribution in [-0.4, -0.2) is 24.0 Å². The SMILES string of the molecule is CCC1CCC(C#N)C(N2CCC(CC)C2)C1. The lowest BCUT2D eigenvalue weighted by molar-refractivity contribution is 0.118. The zero-order chi connectivity index (χ0) is 12.3. The minimum Gasteiger partial charge on any atom is -0.299 e. The summed E-state index contributed by atoms with van der Waals surface area (Å²) in [6, 6.07) is 3.13. The molecule has 17 heavy (non-hydrogen) atoms. The van der Waals surface area contributed by atoms with Crippen molar-refractivity contribution in [3.63, 3.8) is 0 Å². The van der Waals surface area contributed by atoms with Crippen molar-refractivity contribution < 1.29 is 0 Å². The predicted molar refractivity (Wildman–Crippen MR) is 70.5 cm³/mol. The van der Waals surface area contributed by atoms with E-state index < -0.39 is 0 Å². The van der Waals surface area contributed by atoms with Gasteiger partial charge in [0.2, 0.25) is 0 Å². The Bertz CT molecular complexity index is 281. The van der Waals surface area contributed by atoms with E-state index in [9.17, 15) is 5.26 Å². The van der Waals surface area contributed by atoms with E-state index >= 15 is 0 Å². The smallest absolute Gasteiger partial charge is 0.0672 e. The topological polar surface area (TPSA) is 27.0 Å². The van der Waals surface area contributed by atoms with E-state index in [0.29, 0.717) is 12.0 Å². The molecule has 1 aliphatic carbocycles. The van der Waals surface area contributed by atoms with Crippen LogP contribution in [0.15, 0.2) is 0 Å². The molecule has 1 saturated carbocycles. The third-order valence-electron chi connectivity index (χ3n) is 5.03. The minimum atomic E-state index is 0.299. The van der Waals surface area contributed by atoms with Gasteiger partial charge in [0.15, 0.2) is 0 Å². The number of likely N-dealkylation sites (tertiary alicyclic amines) is 1. The summed E-state index contributed by atoms with van der Waals surface area (Å²) in [6.07, 6.45) is 7.62. The Kier molecular flexibility index (Phi) is 4.45. The van der Waals surface area contributed by atoms with E-state index in [1.807, 2.05) is 0 Å². The second-order valence-electron chi connectivity index (χ2n) is 5.95. The highest BCUT2D eigenvalue weighted by molar-refractivity contribution is 4.99. The Morgan fingerprint density at radius 3 is 2.47 bits per heavy atom. The van der Waals surface area contributed by atoms with Crippen LogP contribution in [0.2, 0.25) is 0 Å². The van der Waals surface area contributed by atoms with Crippen molar-refractivity contribution >= 4 is 0 Å². The molecule has 1 aliphatic heterocycles. The van der Waals surface area contributed by atoms with E-state index in [0.717, 1.165) is 18.3 Å². The molecule has 2 fully saturated rings. The summed E-state index contributed by atoms with van der Waals surface area (Å²) in [5, 5.41) is 9.33. The van der Waals surface area contributed by atoms with Crippen molar-refractivity contribution in [3.8, 4) is 6.07 Å². The summed E-state index contributed by atoms with van der Waals surface area (Å²) in [5.41, 5.74) is 0. The molecule has 2 heteroatoms. The maximum Gasteiger partial charge on any atom is 0.0672 e. The number of nitriles is 1. The van der Waals surface area contributed by atoms with Crippen LogP contribution in [0.5, 0.6) is 0 Å². The van der Waals surface area contributed by atoms with Crippen molar-refractivity contribution in [1.29, 1.82) is 5.26 Å². The minimum absolute atomic E-state index is 0.299. The molecule has 0 aromatic heterocycles. The molecule has 1 heterocycles. The quantitative estimate of drug-likeness (QED) is 0.748. The van der Waals surface area contributed by atoms with E-state index in [2.05, 4.69) is 24.8 Å². The molecule has 1 saturated heterocycles. The summed E-state index contributed by atoms with van der Waals surface area (Å²) < 4.78 is 0. The molecule has 0 N–H and O–H groups in total. The highest BCUT2D eigenvalue weighted by Crippen LogP contribution is 2.36. The normalized spacial score (nSPS) is 39.1. The van der Waals surface area contributed by atoms with Crippen LogP contribution in [0.1, 0.15) is 52.4 Å². The number of nitrogens with zero attached hydrogens (tertiary/aromatic N) is 2. The Morgan fingerprint density at radius 1 is 1.12 bits per heavy atom. The summed E-state index contributed by atoms with van der Waals surface area (Å²) in [4.78, 5) is 2.63. The van der Waals surface area contributed by atoms with Gasteiger partial charge in [-0.3, -0.25) is 4.90 Å². The highest BCUT2D eigenvalue weighted by Gasteiger charge is 2.36. The third kappa shape index (κ3) is 2.83. The lowest BCUT2D eigenvalue weighted by atomic mass is 9.77. The fraction of sp³-hybridized carbons (Fsp3) is 0.933. The molecule has 0 spiro atoms. The van der Waals surface area contributed by atoms with Gasteiger partial charge in [-0.25, -0.2) is 0 Å². The van der Waals surface area contributed by atoms with Crippen molar-refractivity contribution in [2.45, 2.75) is 58.4 Å². The Morgan fingerprint density at radius 2 is 1.88 bits per heavy atom. The van der Waals surface area contributed by atoms with Crippen LogP contribution in [0.25, 0.3) is 0 Å². The molecular weight excluding hydrogens is 208 g/mol. The monoisotopic (exact) mass is 234 g/mol. The Labute approximate surface area is 106 Å². The molecular formula is C15H26N2. The molecule has 4 unspecified atom stereocenters. The standard InChI is InChI=1S/C15H26N2/c1-3-12-5-6-14(10-16)15(9-12)17-8-7-13(4-2)11-17/h12-15H,3-9,11H2,1-2H3. The van der Waals surface area contributed by atoms with Gasteiger partial charge in [0, 0.05) is 12.6 Å². The summed E-state index contributed by atoms with van der Waals surface area (Å²) >= 11 is 0. The van der Waals surface area contributed by atoms with Crippen LogP contribution in [0, 0.1) is 29.1 Å². The lowest BCUT2D eigenvalue weighted by Gasteiger charge is -2.38. The second kappa shape index (κ2) is 5.87. The highest BCUT2D eigenvalue weighted by atomic mass is 15.2. The first-order chi connectivity index (χ1) is 8.28. The van der Waals surface area contributed by atoms with Gasteiger partial charge < -0.3 is 0 Å². The van der Waals surface area contributed by atoms with Crippen molar-refractivity contribution in [2.75, 3.05) is 13.1 Å². The summed E-state index contributed by atoms with van der Waals surface area (Å²) in [6.45, 7) is 7.08. The first kappa shape index (κ1) is 12.9. The van der Waals surface area contributed by atoms with Gasteiger partial charge >= 0.3 is 0 Å². The first-order valence-electron chi connectivity index (χ1n) is 7.42. The number of hydrogen-bond acceptors (Lipinski definition) is 2. The second-order valence-corrected chi connectivity index (χ2v) is 5.95. The average molecular weight is 234 g/mol. The largest absolute Gasteiger partial charge is 0.299 e. The Balaban J connectivity index is 1.98.